The maximum atomic E-state index is 10.9. The van der Waals surface area contributed by atoms with Gasteiger partial charge >= 0.3 is 5.97 Å². The maximum Gasteiger partial charge on any atom is 0.335 e. The third-order valence-electron chi connectivity index (χ3n) is 5.18. The Balaban J connectivity index is 1.57. The van der Waals surface area contributed by atoms with Crippen molar-refractivity contribution in [3.8, 4) is 0 Å². The van der Waals surface area contributed by atoms with Crippen molar-refractivity contribution in [2.45, 2.75) is 43.9 Å². The topological polar surface area (TPSA) is 59.0 Å². The van der Waals surface area contributed by atoms with Crippen molar-refractivity contribution in [2.24, 2.45) is 0 Å². The highest BCUT2D eigenvalue weighted by molar-refractivity contribution is 5.87. The summed E-state index contributed by atoms with van der Waals surface area (Å²) < 4.78 is 11.8. The first-order valence-corrected chi connectivity index (χ1v) is 8.34. The highest BCUT2D eigenvalue weighted by Gasteiger charge is 2.44. The Kier molecular flexibility index (Phi) is 4.99. The number of likely N-dealkylation sites (tertiary alicyclic amines) is 1. The van der Waals surface area contributed by atoms with E-state index in [1.54, 1.807) is 19.2 Å². The first-order chi connectivity index (χ1) is 11.1. The van der Waals surface area contributed by atoms with E-state index >= 15 is 0 Å². The van der Waals surface area contributed by atoms with E-state index in [0.29, 0.717) is 5.56 Å². The minimum atomic E-state index is -0.878. The number of aromatic carboxylic acids is 1. The number of carboxylic acid groups (broad SMARTS) is 1. The second-order valence-electron chi connectivity index (χ2n) is 6.56. The number of hydrogen-bond acceptors (Lipinski definition) is 4. The van der Waals surface area contributed by atoms with Crippen LogP contribution in [-0.4, -0.2) is 54.5 Å². The summed E-state index contributed by atoms with van der Waals surface area (Å²) in [5.41, 5.74) is 1.39. The number of benzene rings is 1. The van der Waals surface area contributed by atoms with E-state index in [0.717, 1.165) is 57.5 Å². The normalized spacial score (nSPS) is 24.7. The average molecular weight is 319 g/mol. The highest BCUT2D eigenvalue weighted by atomic mass is 16.5. The lowest BCUT2D eigenvalue weighted by Crippen LogP contribution is -2.55. The van der Waals surface area contributed by atoms with E-state index < -0.39 is 5.97 Å². The van der Waals surface area contributed by atoms with E-state index in [1.165, 1.54) is 0 Å². The van der Waals surface area contributed by atoms with Crippen LogP contribution in [-0.2, 0) is 16.0 Å². The molecule has 1 spiro atoms. The van der Waals surface area contributed by atoms with Gasteiger partial charge in [0.25, 0.3) is 0 Å². The second-order valence-corrected chi connectivity index (χ2v) is 6.56. The number of ether oxygens (including phenoxy) is 2. The summed E-state index contributed by atoms with van der Waals surface area (Å²) >= 11 is 0. The van der Waals surface area contributed by atoms with Crippen LogP contribution in [0, 0.1) is 0 Å². The molecule has 2 fully saturated rings. The lowest BCUT2D eigenvalue weighted by atomic mass is 9.81. The van der Waals surface area contributed by atoms with Crippen LogP contribution in [0.15, 0.2) is 24.3 Å². The molecule has 0 aliphatic carbocycles. The van der Waals surface area contributed by atoms with Crippen LogP contribution in [0.1, 0.15) is 41.6 Å². The Bertz CT molecular complexity index is 534. The van der Waals surface area contributed by atoms with Crippen LogP contribution in [0.25, 0.3) is 0 Å². The Labute approximate surface area is 137 Å². The second kappa shape index (κ2) is 6.99. The third kappa shape index (κ3) is 3.57. The van der Waals surface area contributed by atoms with Gasteiger partial charge in [-0.1, -0.05) is 12.1 Å². The summed E-state index contributed by atoms with van der Waals surface area (Å²) in [6, 6.07) is 7.16. The van der Waals surface area contributed by atoms with Gasteiger partial charge < -0.3 is 14.6 Å². The smallest absolute Gasteiger partial charge is 0.335 e. The third-order valence-corrected chi connectivity index (χ3v) is 5.18. The van der Waals surface area contributed by atoms with Crippen LogP contribution >= 0.6 is 0 Å². The molecule has 0 aromatic heterocycles. The molecule has 1 N–H and O–H groups in total. The van der Waals surface area contributed by atoms with Gasteiger partial charge in [-0.15, -0.1) is 0 Å². The molecule has 126 valence electrons. The zero-order valence-electron chi connectivity index (χ0n) is 13.7. The lowest BCUT2D eigenvalue weighted by Gasteiger charge is -2.48. The Hall–Kier alpha value is -1.43. The van der Waals surface area contributed by atoms with Crippen molar-refractivity contribution >= 4 is 5.97 Å². The lowest BCUT2D eigenvalue weighted by molar-refractivity contribution is -0.186. The summed E-state index contributed by atoms with van der Waals surface area (Å²) in [6.07, 6.45) is 4.39. The van der Waals surface area contributed by atoms with Gasteiger partial charge in [-0.25, -0.2) is 4.79 Å². The molecule has 2 aliphatic rings. The molecule has 1 aromatic rings. The molecule has 5 heteroatoms. The van der Waals surface area contributed by atoms with Crippen LogP contribution in [0.3, 0.4) is 0 Å². The maximum absolute atomic E-state index is 10.9. The van der Waals surface area contributed by atoms with Crippen LogP contribution < -0.4 is 0 Å². The summed E-state index contributed by atoms with van der Waals surface area (Å²) in [7, 11) is 1.79. The molecule has 1 atom stereocenters. The molecular formula is C18H25NO4. The zero-order chi connectivity index (χ0) is 16.3. The molecule has 0 unspecified atom stereocenters. The fraction of sp³-hybridized carbons (Fsp3) is 0.611. The van der Waals surface area contributed by atoms with Gasteiger partial charge in [0.1, 0.15) is 0 Å². The molecule has 5 nitrogen and oxygen atoms in total. The van der Waals surface area contributed by atoms with Crippen molar-refractivity contribution in [1.29, 1.82) is 0 Å². The summed E-state index contributed by atoms with van der Waals surface area (Å²) in [5, 5.41) is 8.95. The van der Waals surface area contributed by atoms with Crippen molar-refractivity contribution < 1.29 is 19.4 Å². The number of hydrogen-bond donors (Lipinski definition) is 1. The molecule has 2 heterocycles. The fourth-order valence-electron chi connectivity index (χ4n) is 3.80. The van der Waals surface area contributed by atoms with Crippen molar-refractivity contribution in [3.63, 3.8) is 0 Å². The van der Waals surface area contributed by atoms with Gasteiger partial charge in [0.2, 0.25) is 0 Å². The molecule has 23 heavy (non-hydrogen) atoms. The van der Waals surface area contributed by atoms with E-state index in [2.05, 4.69) is 4.90 Å². The van der Waals surface area contributed by atoms with Crippen molar-refractivity contribution in [2.75, 3.05) is 26.8 Å². The van der Waals surface area contributed by atoms with Gasteiger partial charge in [-0.2, -0.15) is 0 Å². The molecule has 0 radical (unpaired) electrons. The Morgan fingerprint density at radius 3 is 2.65 bits per heavy atom. The van der Waals surface area contributed by atoms with Gasteiger partial charge in [-0.3, -0.25) is 4.90 Å². The number of piperidine rings is 1. The van der Waals surface area contributed by atoms with E-state index in [-0.39, 0.29) is 11.7 Å². The molecule has 0 saturated carbocycles. The van der Waals surface area contributed by atoms with E-state index in [1.807, 2.05) is 12.1 Å². The van der Waals surface area contributed by atoms with Crippen molar-refractivity contribution in [1.82, 2.24) is 4.90 Å². The van der Waals surface area contributed by atoms with Crippen LogP contribution in [0.5, 0.6) is 0 Å². The number of nitrogens with zero attached hydrogens (tertiary/aromatic N) is 1. The fourth-order valence-corrected chi connectivity index (χ4v) is 3.80. The molecule has 2 saturated heterocycles. The molecule has 0 bridgehead atoms. The minimum absolute atomic E-state index is 0.101. The number of rotatable bonds is 4. The first kappa shape index (κ1) is 16.4. The summed E-state index contributed by atoms with van der Waals surface area (Å²) in [5.74, 6) is -0.878. The largest absolute Gasteiger partial charge is 0.478 e. The van der Waals surface area contributed by atoms with Gasteiger partial charge in [0, 0.05) is 33.4 Å². The zero-order valence-corrected chi connectivity index (χ0v) is 13.7. The predicted octanol–water partition coefficient (Wildman–Crippen LogP) is 2.54. The van der Waals surface area contributed by atoms with Gasteiger partial charge in [-0.05, 0) is 43.4 Å². The summed E-state index contributed by atoms with van der Waals surface area (Å²) in [4.78, 5) is 13.3. The number of carbonyl (C=O) groups is 1. The van der Waals surface area contributed by atoms with Gasteiger partial charge in [0.15, 0.2) is 0 Å². The molecule has 0 amide bonds. The average Bonchev–Trinajstić information content (AvgIpc) is 2.58. The Morgan fingerprint density at radius 2 is 2.04 bits per heavy atom. The molecule has 1 aromatic carbocycles. The molecular weight excluding hydrogens is 294 g/mol. The Morgan fingerprint density at radius 1 is 1.35 bits per heavy atom. The SMILES string of the molecule is CO[C@@H]1CCCOC12CCN(Cc1ccc(C(=O)O)cc1)CC2. The van der Waals surface area contributed by atoms with Crippen LogP contribution in [0.4, 0.5) is 0 Å². The monoisotopic (exact) mass is 319 g/mol. The predicted molar refractivity (Wildman–Crippen MR) is 86.6 cm³/mol. The van der Waals surface area contributed by atoms with E-state index in [4.69, 9.17) is 14.6 Å². The van der Waals surface area contributed by atoms with E-state index in [9.17, 15) is 4.79 Å². The molecule has 2 aliphatic heterocycles. The first-order valence-electron chi connectivity index (χ1n) is 8.34. The highest BCUT2D eigenvalue weighted by Crippen LogP contribution is 2.37. The van der Waals surface area contributed by atoms with Crippen molar-refractivity contribution in [3.05, 3.63) is 35.4 Å². The number of carboxylic acids is 1. The standard InChI is InChI=1S/C18H25NO4/c1-22-16-3-2-12-23-18(16)8-10-19(11-9-18)13-14-4-6-15(7-5-14)17(20)21/h4-7,16H,2-3,8-13H2,1H3,(H,20,21)/t16-/m1/s1. The quantitative estimate of drug-likeness (QED) is 0.924. The molecule has 3 rings (SSSR count). The minimum Gasteiger partial charge on any atom is -0.478 e. The number of methoxy groups -OCH3 is 1. The van der Waals surface area contributed by atoms with Crippen LogP contribution in [0.2, 0.25) is 0 Å². The summed E-state index contributed by atoms with van der Waals surface area (Å²) in [6.45, 7) is 3.67. The van der Waals surface area contributed by atoms with Gasteiger partial charge in [0.05, 0.1) is 17.3 Å².